The van der Waals surface area contributed by atoms with Crippen LogP contribution in [-0.4, -0.2) is 44.9 Å². The molecule has 112 valence electrons. The number of carboxylic acid groups (broad SMARTS) is 1. The minimum Gasteiger partial charge on any atom is -0.478 e. The summed E-state index contributed by atoms with van der Waals surface area (Å²) in [6.45, 7) is 1.47. The Bertz CT molecular complexity index is 724. The van der Waals surface area contributed by atoms with Crippen LogP contribution in [0.3, 0.4) is 0 Å². The number of carbonyl (C=O) groups excluding carboxylic acids is 1. The molecule has 0 unspecified atom stereocenters. The Balaban J connectivity index is 1.98. The van der Waals surface area contributed by atoms with E-state index in [0.717, 1.165) is 25.9 Å². The lowest BCUT2D eigenvalue weighted by Crippen LogP contribution is -2.28. The molecule has 1 saturated heterocycles. The zero-order chi connectivity index (χ0) is 15.5. The number of hydrogen-bond donors (Lipinski definition) is 1. The fourth-order valence-electron chi connectivity index (χ4n) is 2.57. The van der Waals surface area contributed by atoms with Crippen molar-refractivity contribution in [1.82, 2.24) is 14.9 Å². The second-order valence-corrected chi connectivity index (χ2v) is 5.14. The standard InChI is InChI=1S/C16H15N3O3/c20-15(19-7-3-4-8-19)14-10-17-9-13(18-14)11-5-1-2-6-12(11)16(21)22/h1-2,5-6,9-10H,3-4,7-8H2,(H,21,22). The van der Waals surface area contributed by atoms with E-state index in [1.54, 1.807) is 23.1 Å². The molecule has 6 nitrogen and oxygen atoms in total. The SMILES string of the molecule is O=C(O)c1ccccc1-c1cncc(C(=O)N2CCCC2)n1. The average molecular weight is 297 g/mol. The van der Waals surface area contributed by atoms with Gasteiger partial charge in [0.25, 0.3) is 5.91 Å². The Morgan fingerprint density at radius 2 is 1.82 bits per heavy atom. The van der Waals surface area contributed by atoms with E-state index in [4.69, 9.17) is 0 Å². The van der Waals surface area contributed by atoms with Crippen molar-refractivity contribution in [3.63, 3.8) is 0 Å². The molecule has 1 amide bonds. The van der Waals surface area contributed by atoms with Gasteiger partial charge in [-0.05, 0) is 18.9 Å². The predicted octanol–water partition coefficient (Wildman–Crippen LogP) is 2.08. The first-order valence-electron chi connectivity index (χ1n) is 7.11. The van der Waals surface area contributed by atoms with Crippen LogP contribution in [0, 0.1) is 0 Å². The first-order valence-corrected chi connectivity index (χ1v) is 7.11. The van der Waals surface area contributed by atoms with Gasteiger partial charge in [0, 0.05) is 18.7 Å². The number of aromatic carboxylic acids is 1. The van der Waals surface area contributed by atoms with Crippen molar-refractivity contribution in [1.29, 1.82) is 0 Å². The molecule has 2 aromatic rings. The maximum absolute atomic E-state index is 12.4. The lowest BCUT2D eigenvalue weighted by Gasteiger charge is -2.14. The van der Waals surface area contributed by atoms with Crippen molar-refractivity contribution in [3.05, 3.63) is 47.9 Å². The van der Waals surface area contributed by atoms with Gasteiger partial charge < -0.3 is 10.0 Å². The van der Waals surface area contributed by atoms with Gasteiger partial charge in [0.05, 0.1) is 23.7 Å². The minimum atomic E-state index is -1.03. The van der Waals surface area contributed by atoms with Crippen LogP contribution in [0.25, 0.3) is 11.3 Å². The third kappa shape index (κ3) is 2.67. The maximum Gasteiger partial charge on any atom is 0.336 e. The molecule has 1 fully saturated rings. The first kappa shape index (κ1) is 14.2. The molecular formula is C16H15N3O3. The van der Waals surface area contributed by atoms with Crippen LogP contribution >= 0.6 is 0 Å². The number of rotatable bonds is 3. The second kappa shape index (κ2) is 5.93. The number of aromatic nitrogens is 2. The van der Waals surface area contributed by atoms with E-state index >= 15 is 0 Å². The Morgan fingerprint density at radius 1 is 1.09 bits per heavy atom. The monoisotopic (exact) mass is 297 g/mol. The van der Waals surface area contributed by atoms with E-state index in [9.17, 15) is 14.7 Å². The highest BCUT2D eigenvalue weighted by Crippen LogP contribution is 2.22. The lowest BCUT2D eigenvalue weighted by molar-refractivity contribution is 0.0697. The summed E-state index contributed by atoms with van der Waals surface area (Å²) in [6.07, 6.45) is 4.90. The molecule has 0 spiro atoms. The van der Waals surface area contributed by atoms with Crippen LogP contribution in [0.15, 0.2) is 36.7 Å². The number of carboxylic acids is 1. The highest BCUT2D eigenvalue weighted by Gasteiger charge is 2.22. The Morgan fingerprint density at radius 3 is 2.55 bits per heavy atom. The van der Waals surface area contributed by atoms with Crippen LogP contribution in [0.5, 0.6) is 0 Å². The van der Waals surface area contributed by atoms with Gasteiger partial charge >= 0.3 is 5.97 Å². The van der Waals surface area contributed by atoms with Gasteiger partial charge in [-0.2, -0.15) is 0 Å². The third-order valence-electron chi connectivity index (χ3n) is 3.68. The van der Waals surface area contributed by atoms with Crippen molar-refractivity contribution in [2.45, 2.75) is 12.8 Å². The second-order valence-electron chi connectivity index (χ2n) is 5.14. The molecular weight excluding hydrogens is 282 g/mol. The molecule has 1 aromatic heterocycles. The number of carbonyl (C=O) groups is 2. The molecule has 22 heavy (non-hydrogen) atoms. The number of nitrogens with zero attached hydrogens (tertiary/aromatic N) is 3. The van der Waals surface area contributed by atoms with E-state index in [1.807, 2.05) is 0 Å². The summed E-state index contributed by atoms with van der Waals surface area (Å²) in [4.78, 5) is 33.8. The van der Waals surface area contributed by atoms with Crippen molar-refractivity contribution in [2.75, 3.05) is 13.1 Å². The van der Waals surface area contributed by atoms with Crippen LogP contribution in [0.1, 0.15) is 33.7 Å². The first-order chi connectivity index (χ1) is 10.7. The predicted molar refractivity (Wildman–Crippen MR) is 79.6 cm³/mol. The van der Waals surface area contributed by atoms with Gasteiger partial charge in [-0.25, -0.2) is 9.78 Å². The summed E-state index contributed by atoms with van der Waals surface area (Å²) in [5.74, 6) is -1.19. The largest absolute Gasteiger partial charge is 0.478 e. The molecule has 1 aliphatic rings. The van der Waals surface area contributed by atoms with E-state index in [1.165, 1.54) is 18.5 Å². The molecule has 2 heterocycles. The fraction of sp³-hybridized carbons (Fsp3) is 0.250. The summed E-state index contributed by atoms with van der Waals surface area (Å²) in [6, 6.07) is 6.56. The van der Waals surface area contributed by atoms with Gasteiger partial charge in [-0.1, -0.05) is 18.2 Å². The number of likely N-dealkylation sites (tertiary alicyclic amines) is 1. The van der Waals surface area contributed by atoms with E-state index in [0.29, 0.717) is 11.3 Å². The summed E-state index contributed by atoms with van der Waals surface area (Å²) < 4.78 is 0. The molecule has 1 aliphatic heterocycles. The van der Waals surface area contributed by atoms with Crippen LogP contribution in [0.4, 0.5) is 0 Å². The van der Waals surface area contributed by atoms with Crippen LogP contribution < -0.4 is 0 Å². The van der Waals surface area contributed by atoms with Crippen molar-refractivity contribution in [2.24, 2.45) is 0 Å². The summed E-state index contributed by atoms with van der Waals surface area (Å²) in [7, 11) is 0. The summed E-state index contributed by atoms with van der Waals surface area (Å²) in [5.41, 5.74) is 1.24. The fourth-order valence-corrected chi connectivity index (χ4v) is 2.57. The van der Waals surface area contributed by atoms with Crippen LogP contribution in [-0.2, 0) is 0 Å². The molecule has 0 saturated carbocycles. The van der Waals surface area contributed by atoms with E-state index in [2.05, 4.69) is 9.97 Å². The quantitative estimate of drug-likeness (QED) is 0.937. The van der Waals surface area contributed by atoms with Gasteiger partial charge in [0.15, 0.2) is 0 Å². The molecule has 0 radical (unpaired) electrons. The molecule has 1 N–H and O–H groups in total. The highest BCUT2D eigenvalue weighted by molar-refractivity contribution is 5.96. The molecule has 0 bridgehead atoms. The van der Waals surface area contributed by atoms with Gasteiger partial charge in [-0.15, -0.1) is 0 Å². The van der Waals surface area contributed by atoms with Crippen molar-refractivity contribution in [3.8, 4) is 11.3 Å². The number of amides is 1. The van der Waals surface area contributed by atoms with Crippen molar-refractivity contribution < 1.29 is 14.7 Å². The third-order valence-corrected chi connectivity index (χ3v) is 3.68. The van der Waals surface area contributed by atoms with Gasteiger partial charge in [-0.3, -0.25) is 9.78 Å². The van der Waals surface area contributed by atoms with Gasteiger partial charge in [0.1, 0.15) is 5.69 Å². The van der Waals surface area contributed by atoms with Gasteiger partial charge in [0.2, 0.25) is 0 Å². The molecule has 1 aromatic carbocycles. The molecule has 6 heteroatoms. The van der Waals surface area contributed by atoms with Crippen LogP contribution in [0.2, 0.25) is 0 Å². The number of hydrogen-bond acceptors (Lipinski definition) is 4. The average Bonchev–Trinajstić information content (AvgIpc) is 3.08. The maximum atomic E-state index is 12.4. The zero-order valence-electron chi connectivity index (χ0n) is 11.9. The molecule has 3 rings (SSSR count). The summed E-state index contributed by atoms with van der Waals surface area (Å²) in [5, 5.41) is 9.25. The normalized spacial score (nSPS) is 14.1. The Labute approximate surface area is 127 Å². The molecule has 0 aliphatic carbocycles. The summed E-state index contributed by atoms with van der Waals surface area (Å²) >= 11 is 0. The van der Waals surface area contributed by atoms with E-state index < -0.39 is 5.97 Å². The Kier molecular flexibility index (Phi) is 3.82. The van der Waals surface area contributed by atoms with E-state index in [-0.39, 0.29) is 17.2 Å². The zero-order valence-corrected chi connectivity index (χ0v) is 11.9. The van der Waals surface area contributed by atoms with Crippen molar-refractivity contribution >= 4 is 11.9 Å². The number of benzene rings is 1. The molecule has 0 atom stereocenters. The topological polar surface area (TPSA) is 83.4 Å². The minimum absolute atomic E-state index is 0.141. The smallest absolute Gasteiger partial charge is 0.336 e. The Hall–Kier alpha value is -2.76. The lowest BCUT2D eigenvalue weighted by atomic mass is 10.1. The highest BCUT2D eigenvalue weighted by atomic mass is 16.4.